The lowest BCUT2D eigenvalue weighted by atomic mass is 10.0. The van der Waals surface area contributed by atoms with Crippen LogP contribution in [0.25, 0.3) is 11.3 Å². The van der Waals surface area contributed by atoms with Crippen LogP contribution in [0.2, 0.25) is 0 Å². The molecule has 19 heavy (non-hydrogen) atoms. The van der Waals surface area contributed by atoms with Gasteiger partial charge in [0.1, 0.15) is 5.69 Å². The molecule has 1 aromatic carbocycles. The molecule has 0 aliphatic rings. The molecule has 0 atom stereocenters. The number of carboxylic acids is 1. The first-order chi connectivity index (χ1) is 8.82. The van der Waals surface area contributed by atoms with Gasteiger partial charge in [-0.2, -0.15) is 13.2 Å². The van der Waals surface area contributed by atoms with Crippen LogP contribution in [-0.2, 0) is 6.18 Å². The Hall–Kier alpha value is -2.51. The summed E-state index contributed by atoms with van der Waals surface area (Å²) < 4.78 is 42.9. The van der Waals surface area contributed by atoms with Gasteiger partial charge in [0.25, 0.3) is 0 Å². The molecule has 0 radical (unpaired) electrons. The third kappa shape index (κ3) is 2.24. The molecule has 5 nitrogen and oxygen atoms in total. The largest absolute Gasteiger partial charge is 0.545 e. The third-order valence-electron chi connectivity index (χ3n) is 2.41. The number of halogens is 3. The number of benzene rings is 1. The molecule has 100 valence electrons. The van der Waals surface area contributed by atoms with Crippen molar-refractivity contribution in [2.45, 2.75) is 6.18 Å². The normalized spacial score (nSPS) is 11.5. The minimum atomic E-state index is -4.66. The van der Waals surface area contributed by atoms with Gasteiger partial charge in [0.2, 0.25) is 5.88 Å². The fourth-order valence-electron chi connectivity index (χ4n) is 1.62. The predicted octanol–water partition coefficient (Wildman–Crippen LogP) is 1.31. The molecule has 2 N–H and O–H groups in total. The summed E-state index contributed by atoms with van der Waals surface area (Å²) in [5.74, 6) is -2.36. The molecule has 0 saturated carbocycles. The lowest BCUT2D eigenvalue weighted by molar-refractivity contribution is -0.254. The number of aromatic nitrogens is 1. The predicted molar refractivity (Wildman–Crippen MR) is 55.7 cm³/mol. The van der Waals surface area contributed by atoms with E-state index in [0.717, 1.165) is 12.1 Å². The molecule has 0 spiro atoms. The summed E-state index contributed by atoms with van der Waals surface area (Å²) in [4.78, 5) is 10.9. The summed E-state index contributed by atoms with van der Waals surface area (Å²) in [5, 5.41) is 14.1. The molecule has 2 rings (SSSR count). The minimum absolute atomic E-state index is 0.436. The molecule has 0 amide bonds. The zero-order valence-electron chi connectivity index (χ0n) is 9.19. The van der Waals surface area contributed by atoms with Crippen LogP contribution in [0.4, 0.5) is 19.1 Å². The number of nitrogens with zero attached hydrogens (tertiary/aromatic N) is 1. The maximum absolute atomic E-state index is 12.8. The van der Waals surface area contributed by atoms with Crippen molar-refractivity contribution in [1.82, 2.24) is 5.16 Å². The fraction of sp³-hybridized carbons (Fsp3) is 0.0909. The Morgan fingerprint density at radius 3 is 2.53 bits per heavy atom. The van der Waals surface area contributed by atoms with E-state index >= 15 is 0 Å². The van der Waals surface area contributed by atoms with Gasteiger partial charge < -0.3 is 20.2 Å². The van der Waals surface area contributed by atoms with Gasteiger partial charge in [-0.3, -0.25) is 0 Å². The Morgan fingerprint density at radius 1 is 1.32 bits per heavy atom. The number of carbonyl (C=O) groups excluding carboxylic acids is 1. The van der Waals surface area contributed by atoms with Crippen molar-refractivity contribution in [3.63, 3.8) is 0 Å². The van der Waals surface area contributed by atoms with E-state index in [1.165, 1.54) is 12.1 Å². The molecule has 0 aliphatic carbocycles. The number of hydrogen-bond acceptors (Lipinski definition) is 5. The Labute approximate surface area is 104 Å². The maximum Gasteiger partial charge on any atom is 0.417 e. The van der Waals surface area contributed by atoms with Crippen molar-refractivity contribution in [2.75, 3.05) is 5.73 Å². The van der Waals surface area contributed by atoms with Crippen LogP contribution in [0.5, 0.6) is 0 Å². The van der Waals surface area contributed by atoms with E-state index in [2.05, 4.69) is 9.68 Å². The molecule has 1 heterocycles. The van der Waals surface area contributed by atoms with Crippen LogP contribution >= 0.6 is 0 Å². The topological polar surface area (TPSA) is 92.2 Å². The van der Waals surface area contributed by atoms with E-state index in [9.17, 15) is 23.1 Å². The summed E-state index contributed by atoms with van der Waals surface area (Å²) in [5.41, 5.74) is 2.53. The highest BCUT2D eigenvalue weighted by atomic mass is 19.4. The van der Waals surface area contributed by atoms with E-state index in [1.54, 1.807) is 0 Å². The van der Waals surface area contributed by atoms with Crippen molar-refractivity contribution >= 4 is 11.9 Å². The molecule has 8 heteroatoms. The highest BCUT2D eigenvalue weighted by Crippen LogP contribution is 2.38. The summed E-state index contributed by atoms with van der Waals surface area (Å²) in [7, 11) is 0. The maximum atomic E-state index is 12.8. The van der Waals surface area contributed by atoms with Crippen molar-refractivity contribution < 1.29 is 27.6 Å². The molecule has 0 fully saturated rings. The van der Waals surface area contributed by atoms with E-state index in [1.807, 2.05) is 0 Å². The van der Waals surface area contributed by atoms with Crippen LogP contribution < -0.4 is 10.8 Å². The highest BCUT2D eigenvalue weighted by molar-refractivity contribution is 5.98. The van der Waals surface area contributed by atoms with Gasteiger partial charge in [-0.05, 0) is 6.07 Å². The molecule has 1 aromatic heterocycles. The Kier molecular flexibility index (Phi) is 2.93. The number of anilines is 1. The van der Waals surface area contributed by atoms with Crippen molar-refractivity contribution in [3.05, 3.63) is 35.4 Å². The van der Waals surface area contributed by atoms with Gasteiger partial charge in [-0.15, -0.1) is 0 Å². The van der Waals surface area contributed by atoms with Gasteiger partial charge in [0.05, 0.1) is 17.1 Å². The quantitative estimate of drug-likeness (QED) is 0.888. The molecule has 0 unspecified atom stereocenters. The first kappa shape index (κ1) is 12.9. The standard InChI is InChI=1S/C11H7F3N2O3/c12-11(13,14)6-4-2-1-3-5(6)8-7(10(17)18)9(15)19-16-8/h1-4H,15H2,(H,17,18)/p-1. The monoisotopic (exact) mass is 271 g/mol. The van der Waals surface area contributed by atoms with Crippen molar-refractivity contribution in [3.8, 4) is 11.3 Å². The zero-order chi connectivity index (χ0) is 14.2. The van der Waals surface area contributed by atoms with Gasteiger partial charge in [-0.25, -0.2) is 0 Å². The van der Waals surface area contributed by atoms with Crippen LogP contribution in [0.3, 0.4) is 0 Å². The van der Waals surface area contributed by atoms with Crippen molar-refractivity contribution in [1.29, 1.82) is 0 Å². The van der Waals surface area contributed by atoms with Gasteiger partial charge in [0.15, 0.2) is 0 Å². The molecule has 0 saturated heterocycles. The van der Waals surface area contributed by atoms with E-state index in [-0.39, 0.29) is 0 Å². The summed E-state index contributed by atoms with van der Waals surface area (Å²) in [6.45, 7) is 0. The van der Waals surface area contributed by atoms with Crippen LogP contribution in [0.15, 0.2) is 28.8 Å². The van der Waals surface area contributed by atoms with Crippen LogP contribution in [0.1, 0.15) is 15.9 Å². The smallest absolute Gasteiger partial charge is 0.417 e. The van der Waals surface area contributed by atoms with E-state index in [0.29, 0.717) is 0 Å². The Balaban J connectivity index is 2.70. The average molecular weight is 271 g/mol. The number of alkyl halides is 3. The lowest BCUT2D eigenvalue weighted by Gasteiger charge is -2.11. The summed E-state index contributed by atoms with van der Waals surface area (Å²) >= 11 is 0. The number of carboxylic acid groups (broad SMARTS) is 1. The first-order valence-corrected chi connectivity index (χ1v) is 4.95. The van der Waals surface area contributed by atoms with Crippen molar-refractivity contribution in [2.24, 2.45) is 0 Å². The van der Waals surface area contributed by atoms with E-state index < -0.39 is 40.4 Å². The highest BCUT2D eigenvalue weighted by Gasteiger charge is 2.35. The number of rotatable bonds is 2. The fourth-order valence-corrected chi connectivity index (χ4v) is 1.62. The average Bonchev–Trinajstić information content (AvgIpc) is 2.70. The molecule has 2 aromatic rings. The number of nitrogen functional groups attached to an aromatic ring is 1. The second-order valence-corrected chi connectivity index (χ2v) is 3.60. The van der Waals surface area contributed by atoms with Crippen LogP contribution in [-0.4, -0.2) is 11.1 Å². The lowest BCUT2D eigenvalue weighted by Crippen LogP contribution is -2.23. The van der Waals surface area contributed by atoms with Gasteiger partial charge in [0, 0.05) is 5.56 Å². The minimum Gasteiger partial charge on any atom is -0.545 e. The van der Waals surface area contributed by atoms with Gasteiger partial charge >= 0.3 is 6.18 Å². The summed E-state index contributed by atoms with van der Waals surface area (Å²) in [6, 6.07) is 4.37. The Bertz CT molecular complexity index is 634. The molecular weight excluding hydrogens is 265 g/mol. The number of nitrogens with two attached hydrogens (primary N) is 1. The number of hydrogen-bond donors (Lipinski definition) is 1. The zero-order valence-corrected chi connectivity index (χ0v) is 9.19. The number of carbonyl (C=O) groups is 1. The second kappa shape index (κ2) is 4.30. The second-order valence-electron chi connectivity index (χ2n) is 3.60. The molecule has 0 bridgehead atoms. The summed E-state index contributed by atoms with van der Waals surface area (Å²) in [6.07, 6.45) is -4.66. The SMILES string of the molecule is Nc1onc(-c2ccccc2C(F)(F)F)c1C(=O)[O-]. The molecule has 0 aliphatic heterocycles. The van der Waals surface area contributed by atoms with E-state index in [4.69, 9.17) is 5.73 Å². The first-order valence-electron chi connectivity index (χ1n) is 4.95. The number of aromatic carboxylic acids is 1. The molecular formula is C11H6F3N2O3-. The van der Waals surface area contributed by atoms with Gasteiger partial charge in [-0.1, -0.05) is 23.4 Å². The Morgan fingerprint density at radius 2 is 1.95 bits per heavy atom. The van der Waals surface area contributed by atoms with Crippen LogP contribution in [0, 0.1) is 0 Å². The third-order valence-corrected chi connectivity index (χ3v) is 2.41.